The SMILES string of the molecule is [S]=[Co].c1cc[cH-]c1. The molecule has 0 spiro atoms. The fourth-order valence-electron chi connectivity index (χ4n) is 0.321. The number of rotatable bonds is 0. The van der Waals surface area contributed by atoms with Crippen LogP contribution in [0.25, 0.3) is 0 Å². The standard InChI is InChI=1S/C5H5.Co.S/c1-2-4-5-3-1;;/h1-5H;;/q-1;;. The summed E-state index contributed by atoms with van der Waals surface area (Å²) in [6.45, 7) is 0. The summed E-state index contributed by atoms with van der Waals surface area (Å²) < 4.78 is 0. The second-order valence-electron chi connectivity index (χ2n) is 0.962. The van der Waals surface area contributed by atoms with Crippen LogP contribution in [0.2, 0.25) is 0 Å². The van der Waals surface area contributed by atoms with E-state index in [1.807, 2.05) is 30.3 Å². The van der Waals surface area contributed by atoms with Gasteiger partial charge in [-0.05, 0) is 0 Å². The zero-order chi connectivity index (χ0) is 5.54. The first-order chi connectivity index (χ1) is 3.50. The third-order valence-corrected chi connectivity index (χ3v) is 0.556. The normalized spacial score (nSPS) is 6.43. The molecular formula is C5H5CoS-. The van der Waals surface area contributed by atoms with Crippen LogP contribution in [-0.4, -0.2) is 0 Å². The van der Waals surface area contributed by atoms with E-state index >= 15 is 0 Å². The molecule has 0 fully saturated rings. The van der Waals surface area contributed by atoms with Crippen molar-refractivity contribution in [3.05, 3.63) is 30.3 Å². The smallest absolute Gasteiger partial charge is 0.172 e. The molecule has 0 N–H and O–H groups in total. The zero-order valence-corrected chi connectivity index (χ0v) is 5.49. The average Bonchev–Trinajstić information content (AvgIpc) is 2.23. The minimum atomic E-state index is 2.00. The van der Waals surface area contributed by atoms with Crippen LogP contribution in [0.1, 0.15) is 0 Å². The van der Waals surface area contributed by atoms with Gasteiger partial charge in [-0.1, -0.05) is 0 Å². The Morgan fingerprint density at radius 3 is 1.71 bits per heavy atom. The maximum absolute atomic E-state index is 3.77. The molecule has 0 unspecified atom stereocenters. The van der Waals surface area contributed by atoms with Gasteiger partial charge in [-0.3, -0.25) is 0 Å². The molecule has 0 nitrogen and oxygen atoms in total. The van der Waals surface area contributed by atoms with E-state index < -0.39 is 0 Å². The first-order valence-electron chi connectivity index (χ1n) is 1.80. The Morgan fingerprint density at radius 2 is 1.57 bits per heavy atom. The fraction of sp³-hybridized carbons (Fsp3) is 0. The third kappa shape index (κ3) is 3.92. The van der Waals surface area contributed by atoms with Gasteiger partial charge in [0.05, 0.1) is 0 Å². The van der Waals surface area contributed by atoms with E-state index in [-0.39, 0.29) is 0 Å². The van der Waals surface area contributed by atoms with Gasteiger partial charge in [0.1, 0.15) is 0 Å². The first kappa shape index (κ1) is 7.08. The molecule has 0 saturated heterocycles. The second-order valence-corrected chi connectivity index (χ2v) is 0.962. The van der Waals surface area contributed by atoms with Gasteiger partial charge < -0.3 is 0 Å². The topological polar surface area (TPSA) is 0 Å². The van der Waals surface area contributed by atoms with Crippen molar-refractivity contribution in [3.8, 4) is 0 Å². The minimum Gasteiger partial charge on any atom is -0.214 e. The van der Waals surface area contributed by atoms with Gasteiger partial charge in [-0.2, -0.15) is 18.2 Å². The van der Waals surface area contributed by atoms with E-state index in [4.69, 9.17) is 0 Å². The van der Waals surface area contributed by atoms with E-state index in [2.05, 4.69) is 24.7 Å². The molecule has 1 aromatic carbocycles. The van der Waals surface area contributed by atoms with Crippen LogP contribution in [-0.2, 0) is 14.1 Å². The van der Waals surface area contributed by atoms with Crippen molar-refractivity contribution in [3.63, 3.8) is 0 Å². The molecule has 0 amide bonds. The zero-order valence-electron chi connectivity index (χ0n) is 3.63. The molecular weight excluding hydrogens is 151 g/mol. The van der Waals surface area contributed by atoms with Crippen LogP contribution in [0.3, 0.4) is 0 Å². The van der Waals surface area contributed by atoms with E-state index in [1.54, 1.807) is 0 Å². The summed E-state index contributed by atoms with van der Waals surface area (Å²) in [4.78, 5) is 0. The summed E-state index contributed by atoms with van der Waals surface area (Å²) in [6, 6.07) is 10.0. The fourth-order valence-corrected chi connectivity index (χ4v) is 0.321. The molecule has 0 saturated carbocycles. The summed E-state index contributed by atoms with van der Waals surface area (Å²) >= 11 is 3.15. The van der Waals surface area contributed by atoms with Crippen LogP contribution in [0.5, 0.6) is 0 Å². The van der Waals surface area contributed by atoms with Crippen molar-refractivity contribution in [2.24, 2.45) is 0 Å². The molecule has 0 radical (unpaired) electrons. The van der Waals surface area contributed by atoms with Gasteiger partial charge in [-0.25, -0.2) is 12.1 Å². The van der Waals surface area contributed by atoms with E-state index in [0.717, 1.165) is 0 Å². The van der Waals surface area contributed by atoms with Crippen LogP contribution in [0, 0.1) is 0 Å². The van der Waals surface area contributed by atoms with Gasteiger partial charge in [-0.15, -0.1) is 0 Å². The molecule has 0 atom stereocenters. The predicted octanol–water partition coefficient (Wildman–Crippen LogP) is 2.05. The van der Waals surface area contributed by atoms with Gasteiger partial charge >= 0.3 is 24.7 Å². The van der Waals surface area contributed by atoms with Crippen molar-refractivity contribution in [2.75, 3.05) is 0 Å². The Morgan fingerprint density at radius 1 is 1.14 bits per heavy atom. The van der Waals surface area contributed by atoms with Crippen molar-refractivity contribution < 1.29 is 14.1 Å². The molecule has 0 aliphatic rings. The third-order valence-electron chi connectivity index (χ3n) is 0.556. The minimum absolute atomic E-state index is 2.00. The van der Waals surface area contributed by atoms with Gasteiger partial charge in [0.25, 0.3) is 0 Å². The van der Waals surface area contributed by atoms with E-state index in [0.29, 0.717) is 0 Å². The summed E-state index contributed by atoms with van der Waals surface area (Å²) in [5.41, 5.74) is 0. The number of hydrogen-bond donors (Lipinski definition) is 0. The van der Waals surface area contributed by atoms with Crippen molar-refractivity contribution in [2.45, 2.75) is 0 Å². The van der Waals surface area contributed by atoms with Crippen LogP contribution >= 0.6 is 10.6 Å². The van der Waals surface area contributed by atoms with Crippen molar-refractivity contribution in [1.29, 1.82) is 0 Å². The Bertz CT molecular complexity index is 75.0. The maximum Gasteiger partial charge on any atom is -0.172 e. The Labute approximate surface area is 55.4 Å². The van der Waals surface area contributed by atoms with Gasteiger partial charge in [0.15, 0.2) is 0 Å². The van der Waals surface area contributed by atoms with Crippen molar-refractivity contribution >= 4 is 10.6 Å². The molecule has 2 heteroatoms. The Hall–Kier alpha value is 0.0765. The van der Waals surface area contributed by atoms with Crippen LogP contribution in [0.15, 0.2) is 30.3 Å². The Kier molecular flexibility index (Phi) is 6.14. The number of hydrogen-bond acceptors (Lipinski definition) is 1. The second kappa shape index (κ2) is 6.08. The summed E-state index contributed by atoms with van der Waals surface area (Å²) in [5.74, 6) is 0. The molecule has 0 aliphatic heterocycles. The molecule has 0 aromatic heterocycles. The average molecular weight is 156 g/mol. The largest absolute Gasteiger partial charge is 0.214 e. The van der Waals surface area contributed by atoms with Crippen LogP contribution < -0.4 is 0 Å². The Balaban J connectivity index is 0.000000162. The van der Waals surface area contributed by atoms with Crippen LogP contribution in [0.4, 0.5) is 0 Å². The van der Waals surface area contributed by atoms with E-state index in [1.165, 1.54) is 0 Å². The molecule has 0 aliphatic carbocycles. The maximum atomic E-state index is 3.77. The summed E-state index contributed by atoms with van der Waals surface area (Å²) in [5, 5.41) is 0. The monoisotopic (exact) mass is 156 g/mol. The predicted molar refractivity (Wildman–Crippen MR) is 29.6 cm³/mol. The molecule has 41 valence electrons. The summed E-state index contributed by atoms with van der Waals surface area (Å²) in [6.07, 6.45) is 0. The first-order valence-corrected chi connectivity index (χ1v) is 3.35. The molecule has 1 rings (SSSR count). The summed E-state index contributed by atoms with van der Waals surface area (Å²) in [7, 11) is 3.77. The quantitative estimate of drug-likeness (QED) is 0.518. The van der Waals surface area contributed by atoms with E-state index in [9.17, 15) is 0 Å². The molecule has 7 heavy (non-hydrogen) atoms. The van der Waals surface area contributed by atoms with Crippen molar-refractivity contribution in [1.82, 2.24) is 0 Å². The van der Waals surface area contributed by atoms with Gasteiger partial charge in [0.2, 0.25) is 0 Å². The van der Waals surface area contributed by atoms with Gasteiger partial charge in [0, 0.05) is 0 Å². The molecule has 0 bridgehead atoms. The molecule has 0 heterocycles. The molecule has 1 aromatic rings.